The van der Waals surface area contributed by atoms with Gasteiger partial charge < -0.3 is 0 Å². The van der Waals surface area contributed by atoms with Crippen LogP contribution in [0.3, 0.4) is 0 Å². The van der Waals surface area contributed by atoms with Gasteiger partial charge in [-0.25, -0.2) is 0 Å². The van der Waals surface area contributed by atoms with E-state index in [4.69, 9.17) is 0 Å². The Bertz CT molecular complexity index is 168. The Balaban J connectivity index is 1.97. The Labute approximate surface area is 87.7 Å². The molecule has 1 rings (SSSR count). The van der Waals surface area contributed by atoms with Crippen LogP contribution < -0.4 is 0 Å². The molecule has 1 fully saturated rings. The third kappa shape index (κ3) is 4.75. The standard InChI is InChI=1S/C12H23NO/c1-2-3-4-5-6-9-13-10-7-8-12(14)11-13/h2-11H2,1H3. The summed E-state index contributed by atoms with van der Waals surface area (Å²) in [6.07, 6.45) is 8.52. The highest BCUT2D eigenvalue weighted by Crippen LogP contribution is 2.08. The van der Waals surface area contributed by atoms with E-state index in [0.717, 1.165) is 25.9 Å². The minimum atomic E-state index is 0.435. The molecule has 1 aliphatic rings. The van der Waals surface area contributed by atoms with Crippen molar-refractivity contribution in [3.63, 3.8) is 0 Å². The van der Waals surface area contributed by atoms with E-state index in [1.165, 1.54) is 32.1 Å². The summed E-state index contributed by atoms with van der Waals surface area (Å²) in [5.41, 5.74) is 0. The maximum atomic E-state index is 11.2. The van der Waals surface area contributed by atoms with E-state index in [0.29, 0.717) is 12.3 Å². The molecular formula is C12H23NO. The van der Waals surface area contributed by atoms with Crippen molar-refractivity contribution in [3.05, 3.63) is 0 Å². The maximum absolute atomic E-state index is 11.2. The molecule has 0 aromatic heterocycles. The number of rotatable bonds is 6. The summed E-state index contributed by atoms with van der Waals surface area (Å²) < 4.78 is 0. The van der Waals surface area contributed by atoms with Crippen molar-refractivity contribution in [1.82, 2.24) is 4.90 Å². The highest BCUT2D eigenvalue weighted by atomic mass is 16.1. The molecule has 0 bridgehead atoms. The van der Waals surface area contributed by atoms with Crippen LogP contribution in [-0.4, -0.2) is 30.3 Å². The molecule has 1 aliphatic heterocycles. The third-order valence-corrected chi connectivity index (χ3v) is 2.91. The van der Waals surface area contributed by atoms with Crippen LogP contribution in [0.2, 0.25) is 0 Å². The summed E-state index contributed by atoms with van der Waals surface area (Å²) in [6.45, 7) is 5.23. The molecule has 82 valence electrons. The van der Waals surface area contributed by atoms with Crippen LogP contribution in [0.15, 0.2) is 0 Å². The quantitative estimate of drug-likeness (QED) is 0.610. The molecule has 0 atom stereocenters. The van der Waals surface area contributed by atoms with Gasteiger partial charge in [0.15, 0.2) is 0 Å². The molecule has 0 aromatic rings. The number of ketones is 1. The van der Waals surface area contributed by atoms with Crippen molar-refractivity contribution in [2.75, 3.05) is 19.6 Å². The van der Waals surface area contributed by atoms with E-state index >= 15 is 0 Å². The molecule has 0 amide bonds. The summed E-state index contributed by atoms with van der Waals surface area (Å²) in [6, 6.07) is 0. The Kier molecular flexibility index (Phi) is 5.85. The molecule has 14 heavy (non-hydrogen) atoms. The van der Waals surface area contributed by atoms with Crippen molar-refractivity contribution in [3.8, 4) is 0 Å². The van der Waals surface area contributed by atoms with E-state index in [2.05, 4.69) is 11.8 Å². The highest BCUT2D eigenvalue weighted by Gasteiger charge is 2.15. The fourth-order valence-corrected chi connectivity index (χ4v) is 2.04. The van der Waals surface area contributed by atoms with Gasteiger partial charge in [0, 0.05) is 6.42 Å². The number of piperidine rings is 1. The van der Waals surface area contributed by atoms with Crippen LogP contribution in [0.25, 0.3) is 0 Å². The second-order valence-electron chi connectivity index (χ2n) is 4.33. The molecule has 0 spiro atoms. The summed E-state index contributed by atoms with van der Waals surface area (Å²) >= 11 is 0. The molecule has 1 saturated heterocycles. The topological polar surface area (TPSA) is 20.3 Å². The lowest BCUT2D eigenvalue weighted by Crippen LogP contribution is -2.36. The number of carbonyl (C=O) groups excluding carboxylic acids is 1. The summed E-state index contributed by atoms with van der Waals surface area (Å²) in [5, 5.41) is 0. The van der Waals surface area contributed by atoms with Crippen LogP contribution in [0.5, 0.6) is 0 Å². The van der Waals surface area contributed by atoms with Gasteiger partial charge >= 0.3 is 0 Å². The normalized spacial score (nSPS) is 18.8. The van der Waals surface area contributed by atoms with Gasteiger partial charge in [0.2, 0.25) is 0 Å². The van der Waals surface area contributed by atoms with Crippen molar-refractivity contribution in [2.24, 2.45) is 0 Å². The smallest absolute Gasteiger partial charge is 0.146 e. The van der Waals surface area contributed by atoms with Crippen LogP contribution in [0.4, 0.5) is 0 Å². The second-order valence-corrected chi connectivity index (χ2v) is 4.33. The second kappa shape index (κ2) is 6.99. The highest BCUT2D eigenvalue weighted by molar-refractivity contribution is 5.81. The number of unbranched alkanes of at least 4 members (excludes halogenated alkanes) is 4. The number of Topliss-reactive ketones (excluding diaryl/α,β-unsaturated/α-hetero) is 1. The fraction of sp³-hybridized carbons (Fsp3) is 0.917. The van der Waals surface area contributed by atoms with Gasteiger partial charge in [0.05, 0.1) is 6.54 Å². The van der Waals surface area contributed by atoms with Gasteiger partial charge in [-0.15, -0.1) is 0 Å². The van der Waals surface area contributed by atoms with Gasteiger partial charge in [0.1, 0.15) is 5.78 Å². The minimum absolute atomic E-state index is 0.435. The minimum Gasteiger partial charge on any atom is -0.298 e. The summed E-state index contributed by atoms with van der Waals surface area (Å²) in [7, 11) is 0. The van der Waals surface area contributed by atoms with E-state index in [-0.39, 0.29) is 0 Å². The van der Waals surface area contributed by atoms with Crippen LogP contribution in [-0.2, 0) is 4.79 Å². The first-order valence-corrected chi connectivity index (χ1v) is 6.07. The summed E-state index contributed by atoms with van der Waals surface area (Å²) in [4.78, 5) is 13.5. The molecule has 0 N–H and O–H groups in total. The molecule has 0 unspecified atom stereocenters. The van der Waals surface area contributed by atoms with Crippen LogP contribution in [0.1, 0.15) is 51.9 Å². The predicted molar refractivity (Wildman–Crippen MR) is 59.4 cm³/mol. The van der Waals surface area contributed by atoms with Crippen LogP contribution >= 0.6 is 0 Å². The lowest BCUT2D eigenvalue weighted by Gasteiger charge is -2.25. The lowest BCUT2D eigenvalue weighted by molar-refractivity contribution is -0.122. The Morgan fingerprint density at radius 1 is 1.21 bits per heavy atom. The first-order valence-electron chi connectivity index (χ1n) is 6.07. The molecule has 0 saturated carbocycles. The zero-order valence-corrected chi connectivity index (χ0v) is 9.43. The molecular weight excluding hydrogens is 174 g/mol. The predicted octanol–water partition coefficient (Wildman–Crippen LogP) is 2.62. The SMILES string of the molecule is CCCCCCCN1CCCC(=O)C1. The first kappa shape index (κ1) is 11.7. The molecule has 2 heteroatoms. The third-order valence-electron chi connectivity index (χ3n) is 2.91. The first-order chi connectivity index (χ1) is 6.83. The Morgan fingerprint density at radius 3 is 2.71 bits per heavy atom. The number of likely N-dealkylation sites (tertiary alicyclic amines) is 1. The van der Waals surface area contributed by atoms with Gasteiger partial charge in [-0.3, -0.25) is 9.69 Å². The monoisotopic (exact) mass is 197 g/mol. The number of carbonyl (C=O) groups is 1. The fourth-order valence-electron chi connectivity index (χ4n) is 2.04. The average molecular weight is 197 g/mol. The Hall–Kier alpha value is -0.370. The zero-order valence-electron chi connectivity index (χ0n) is 9.43. The molecule has 2 nitrogen and oxygen atoms in total. The largest absolute Gasteiger partial charge is 0.298 e. The van der Waals surface area contributed by atoms with Crippen LogP contribution in [0, 0.1) is 0 Å². The van der Waals surface area contributed by atoms with Gasteiger partial charge in [0.25, 0.3) is 0 Å². The van der Waals surface area contributed by atoms with E-state index in [9.17, 15) is 4.79 Å². The number of hydrogen-bond donors (Lipinski definition) is 0. The molecule has 0 radical (unpaired) electrons. The summed E-state index contributed by atoms with van der Waals surface area (Å²) in [5.74, 6) is 0.435. The molecule has 0 aromatic carbocycles. The number of hydrogen-bond acceptors (Lipinski definition) is 2. The van der Waals surface area contributed by atoms with Crippen molar-refractivity contribution < 1.29 is 4.79 Å². The van der Waals surface area contributed by atoms with Crippen molar-refractivity contribution in [1.29, 1.82) is 0 Å². The lowest BCUT2D eigenvalue weighted by atomic mass is 10.1. The average Bonchev–Trinajstić information content (AvgIpc) is 2.18. The molecule has 1 heterocycles. The zero-order chi connectivity index (χ0) is 10.2. The Morgan fingerprint density at radius 2 is 2.00 bits per heavy atom. The van der Waals surface area contributed by atoms with E-state index in [1.54, 1.807) is 0 Å². The number of nitrogens with zero attached hydrogens (tertiary/aromatic N) is 1. The van der Waals surface area contributed by atoms with E-state index in [1.807, 2.05) is 0 Å². The van der Waals surface area contributed by atoms with Gasteiger partial charge in [-0.1, -0.05) is 32.6 Å². The maximum Gasteiger partial charge on any atom is 0.146 e. The van der Waals surface area contributed by atoms with Gasteiger partial charge in [-0.2, -0.15) is 0 Å². The van der Waals surface area contributed by atoms with Crippen molar-refractivity contribution in [2.45, 2.75) is 51.9 Å². The van der Waals surface area contributed by atoms with E-state index < -0.39 is 0 Å². The molecule has 0 aliphatic carbocycles. The van der Waals surface area contributed by atoms with Crippen molar-refractivity contribution >= 4 is 5.78 Å². The van der Waals surface area contributed by atoms with Gasteiger partial charge in [-0.05, 0) is 25.9 Å².